The minimum atomic E-state index is -0.160. The van der Waals surface area contributed by atoms with E-state index < -0.39 is 0 Å². The molecule has 0 spiro atoms. The summed E-state index contributed by atoms with van der Waals surface area (Å²) in [6.45, 7) is 1.08. The summed E-state index contributed by atoms with van der Waals surface area (Å²) >= 11 is 0. The predicted molar refractivity (Wildman–Crippen MR) is 98.0 cm³/mol. The van der Waals surface area contributed by atoms with Gasteiger partial charge >= 0.3 is 0 Å². The highest BCUT2D eigenvalue weighted by Gasteiger charge is 2.47. The van der Waals surface area contributed by atoms with Crippen LogP contribution in [0.3, 0.4) is 0 Å². The van der Waals surface area contributed by atoms with Crippen LogP contribution in [0, 0.1) is 11.8 Å². The van der Waals surface area contributed by atoms with Gasteiger partial charge in [-0.1, -0.05) is 18.2 Å². The fourth-order valence-electron chi connectivity index (χ4n) is 3.68. The molecule has 0 radical (unpaired) electrons. The van der Waals surface area contributed by atoms with E-state index >= 15 is 0 Å². The van der Waals surface area contributed by atoms with E-state index in [1.165, 1.54) is 4.90 Å². The largest absolute Gasteiger partial charge is 0.493 e. The van der Waals surface area contributed by atoms with E-state index in [9.17, 15) is 9.59 Å². The van der Waals surface area contributed by atoms with Crippen molar-refractivity contribution in [2.75, 3.05) is 34.5 Å². The number of ether oxygens (including phenoxy) is 2. The van der Waals surface area contributed by atoms with E-state index in [2.05, 4.69) is 0 Å². The van der Waals surface area contributed by atoms with Gasteiger partial charge in [-0.25, -0.2) is 0 Å². The number of imide groups is 1. The number of fused-ring (bicyclic) bond motifs is 1. The summed E-state index contributed by atoms with van der Waals surface area (Å²) in [5.41, 5.74) is 1.12. The number of carbonyl (C=O) groups excluding carboxylic acids is 2. The van der Waals surface area contributed by atoms with Crippen molar-refractivity contribution < 1.29 is 19.1 Å². The van der Waals surface area contributed by atoms with Crippen LogP contribution in [0.25, 0.3) is 0 Å². The fraction of sp³-hybridized carbons (Fsp3) is 0.500. The van der Waals surface area contributed by atoms with Gasteiger partial charge in [-0.05, 0) is 44.0 Å². The molecule has 2 amide bonds. The van der Waals surface area contributed by atoms with Crippen molar-refractivity contribution in [1.29, 1.82) is 0 Å². The lowest BCUT2D eigenvalue weighted by atomic mass is 9.85. The van der Waals surface area contributed by atoms with E-state index in [0.29, 0.717) is 31.0 Å². The van der Waals surface area contributed by atoms with Gasteiger partial charge in [0.2, 0.25) is 11.8 Å². The molecular weight excluding hydrogens is 332 g/mol. The number of likely N-dealkylation sites (N-methyl/N-ethyl adjacent to an activating group) is 1. The zero-order valence-electron chi connectivity index (χ0n) is 15.6. The minimum absolute atomic E-state index is 0.0256. The highest BCUT2D eigenvalue weighted by molar-refractivity contribution is 6.05. The second kappa shape index (κ2) is 7.91. The van der Waals surface area contributed by atoms with Crippen LogP contribution in [-0.4, -0.2) is 56.1 Å². The van der Waals surface area contributed by atoms with Crippen molar-refractivity contribution >= 4 is 11.8 Å². The highest BCUT2D eigenvalue weighted by atomic mass is 16.5. The Morgan fingerprint density at radius 1 is 1.04 bits per heavy atom. The van der Waals surface area contributed by atoms with Gasteiger partial charge in [0, 0.05) is 6.54 Å². The van der Waals surface area contributed by atoms with Crippen LogP contribution in [0.2, 0.25) is 0 Å². The van der Waals surface area contributed by atoms with Crippen LogP contribution in [0.15, 0.2) is 30.4 Å². The van der Waals surface area contributed by atoms with Crippen LogP contribution >= 0.6 is 0 Å². The Labute approximate surface area is 154 Å². The van der Waals surface area contributed by atoms with Gasteiger partial charge in [0.25, 0.3) is 0 Å². The molecule has 1 heterocycles. The predicted octanol–water partition coefficient (Wildman–Crippen LogP) is 2.09. The third-order valence-electron chi connectivity index (χ3n) is 5.21. The molecular formula is C20H26N2O4. The molecule has 1 aromatic rings. The standard InChI is InChI=1S/C20H26N2O4/c1-21(11-10-14-8-9-17(25-2)18(12-14)26-3)13-22-19(23)15-6-4-5-7-16(15)20(22)24/h4-5,8-9,12,15-16H,6-7,10-11,13H2,1-3H3. The van der Waals surface area contributed by atoms with Crippen molar-refractivity contribution in [3.63, 3.8) is 0 Å². The first-order valence-corrected chi connectivity index (χ1v) is 8.94. The molecule has 6 nitrogen and oxygen atoms in total. The molecule has 0 bridgehead atoms. The third-order valence-corrected chi connectivity index (χ3v) is 5.21. The molecule has 2 unspecified atom stereocenters. The van der Waals surface area contributed by atoms with Gasteiger partial charge in [-0.3, -0.25) is 19.4 Å². The van der Waals surface area contributed by atoms with Crippen LogP contribution < -0.4 is 9.47 Å². The highest BCUT2D eigenvalue weighted by Crippen LogP contribution is 2.35. The Morgan fingerprint density at radius 3 is 2.23 bits per heavy atom. The van der Waals surface area contributed by atoms with E-state index in [-0.39, 0.29) is 23.7 Å². The second-order valence-corrected chi connectivity index (χ2v) is 6.92. The molecule has 0 N–H and O–H groups in total. The fourth-order valence-corrected chi connectivity index (χ4v) is 3.68. The average molecular weight is 358 g/mol. The smallest absolute Gasteiger partial charge is 0.234 e. The number of carbonyl (C=O) groups is 2. The number of likely N-dealkylation sites (tertiary alicyclic amines) is 1. The van der Waals surface area contributed by atoms with Crippen LogP contribution in [0.4, 0.5) is 0 Å². The number of hydrogen-bond acceptors (Lipinski definition) is 5. The molecule has 26 heavy (non-hydrogen) atoms. The summed E-state index contributed by atoms with van der Waals surface area (Å²) in [5, 5.41) is 0. The molecule has 3 rings (SSSR count). The van der Waals surface area contributed by atoms with Gasteiger partial charge in [-0.15, -0.1) is 0 Å². The van der Waals surface area contributed by atoms with Gasteiger partial charge < -0.3 is 9.47 Å². The van der Waals surface area contributed by atoms with E-state index in [1.807, 2.05) is 42.3 Å². The normalized spacial score (nSPS) is 22.1. The molecule has 2 atom stereocenters. The second-order valence-electron chi connectivity index (χ2n) is 6.92. The number of methoxy groups -OCH3 is 2. The molecule has 1 aliphatic carbocycles. The number of amides is 2. The van der Waals surface area contributed by atoms with E-state index in [4.69, 9.17) is 9.47 Å². The lowest BCUT2D eigenvalue weighted by Gasteiger charge is -2.23. The summed E-state index contributed by atoms with van der Waals surface area (Å²) in [4.78, 5) is 28.5. The lowest BCUT2D eigenvalue weighted by molar-refractivity contribution is -0.142. The van der Waals surface area contributed by atoms with E-state index in [1.54, 1.807) is 14.2 Å². The summed E-state index contributed by atoms with van der Waals surface area (Å²) in [5.74, 6) is 1.03. The maximum Gasteiger partial charge on any atom is 0.234 e. The first kappa shape index (κ1) is 18.5. The van der Waals surface area contributed by atoms with Gasteiger partial charge in [0.05, 0.1) is 32.7 Å². The van der Waals surface area contributed by atoms with Crippen molar-refractivity contribution in [2.24, 2.45) is 11.8 Å². The monoisotopic (exact) mass is 358 g/mol. The van der Waals surface area contributed by atoms with Gasteiger partial charge in [-0.2, -0.15) is 0 Å². The zero-order valence-corrected chi connectivity index (χ0v) is 15.6. The van der Waals surface area contributed by atoms with Crippen LogP contribution in [0.1, 0.15) is 18.4 Å². The molecule has 140 valence electrons. The summed E-state index contributed by atoms with van der Waals surface area (Å²) in [6.07, 6.45) is 6.18. The molecule has 2 aliphatic rings. The Hall–Kier alpha value is -2.34. The number of rotatable bonds is 7. The minimum Gasteiger partial charge on any atom is -0.493 e. The SMILES string of the molecule is COc1ccc(CCN(C)CN2C(=O)C3CC=CCC3C2=O)cc1OC. The molecule has 1 saturated heterocycles. The Kier molecular flexibility index (Phi) is 5.61. The first-order chi connectivity index (χ1) is 12.5. The first-order valence-electron chi connectivity index (χ1n) is 8.94. The number of hydrogen-bond donors (Lipinski definition) is 0. The third kappa shape index (κ3) is 3.60. The van der Waals surface area contributed by atoms with Crippen molar-refractivity contribution in [1.82, 2.24) is 9.80 Å². The maximum absolute atomic E-state index is 12.5. The average Bonchev–Trinajstić information content (AvgIpc) is 2.91. The van der Waals surface area contributed by atoms with Crippen LogP contribution in [-0.2, 0) is 16.0 Å². The van der Waals surface area contributed by atoms with E-state index in [0.717, 1.165) is 18.5 Å². The zero-order chi connectivity index (χ0) is 18.7. The van der Waals surface area contributed by atoms with Crippen molar-refractivity contribution in [2.45, 2.75) is 19.3 Å². The quantitative estimate of drug-likeness (QED) is 0.552. The lowest BCUT2D eigenvalue weighted by Crippen LogP contribution is -2.40. The summed E-state index contributed by atoms with van der Waals surface area (Å²) < 4.78 is 10.6. The molecule has 0 saturated carbocycles. The molecule has 0 aromatic heterocycles. The van der Waals surface area contributed by atoms with Crippen LogP contribution in [0.5, 0.6) is 11.5 Å². The number of benzene rings is 1. The Bertz CT molecular complexity index is 690. The van der Waals surface area contributed by atoms with Gasteiger partial charge in [0.1, 0.15) is 0 Å². The molecule has 1 fully saturated rings. The van der Waals surface area contributed by atoms with Gasteiger partial charge in [0.15, 0.2) is 11.5 Å². The Morgan fingerprint density at radius 2 is 1.65 bits per heavy atom. The topological polar surface area (TPSA) is 59.1 Å². The Balaban J connectivity index is 1.57. The molecule has 1 aliphatic heterocycles. The van der Waals surface area contributed by atoms with Crippen molar-refractivity contribution in [3.05, 3.63) is 35.9 Å². The number of allylic oxidation sites excluding steroid dienone is 2. The summed E-state index contributed by atoms with van der Waals surface area (Å²) in [7, 11) is 5.16. The number of nitrogens with zero attached hydrogens (tertiary/aromatic N) is 2. The summed E-state index contributed by atoms with van der Waals surface area (Å²) in [6, 6.07) is 5.85. The van der Waals surface area contributed by atoms with Crippen molar-refractivity contribution in [3.8, 4) is 11.5 Å². The molecule has 1 aromatic carbocycles. The maximum atomic E-state index is 12.5. The molecule has 6 heteroatoms.